The topological polar surface area (TPSA) is 29.3 Å². The van der Waals surface area contributed by atoms with E-state index in [9.17, 15) is 0 Å². The van der Waals surface area contributed by atoms with E-state index in [0.717, 1.165) is 25.4 Å². The predicted octanol–water partition coefficient (Wildman–Crippen LogP) is 3.38. The van der Waals surface area contributed by atoms with Crippen molar-refractivity contribution in [1.82, 2.24) is 4.90 Å². The molecule has 0 radical (unpaired) electrons. The number of thioether (sulfide) groups is 1. The summed E-state index contributed by atoms with van der Waals surface area (Å²) in [7, 11) is 0. The predicted molar refractivity (Wildman–Crippen MR) is 88.0 cm³/mol. The van der Waals surface area contributed by atoms with Crippen LogP contribution in [-0.4, -0.2) is 36.0 Å². The fraction of sp³-hybridized carbons (Fsp3) is 0.625. The largest absolute Gasteiger partial charge is 0.323 e. The first-order valence-electron chi connectivity index (χ1n) is 7.20. The highest BCUT2D eigenvalue weighted by atomic mass is 32.2. The zero-order valence-electron chi connectivity index (χ0n) is 12.8. The molecule has 108 valence electrons. The molecule has 0 bridgehead atoms. The molecule has 1 rings (SSSR count). The molecule has 0 heterocycles. The van der Waals surface area contributed by atoms with Crippen molar-refractivity contribution in [1.29, 1.82) is 0 Å². The highest BCUT2D eigenvalue weighted by molar-refractivity contribution is 7.99. The van der Waals surface area contributed by atoms with Crippen LogP contribution in [-0.2, 0) is 0 Å². The third-order valence-corrected chi connectivity index (χ3v) is 4.48. The lowest BCUT2D eigenvalue weighted by atomic mass is 10.0. The van der Waals surface area contributed by atoms with Crippen LogP contribution in [0.4, 0.5) is 0 Å². The maximum absolute atomic E-state index is 6.28. The van der Waals surface area contributed by atoms with Crippen LogP contribution in [0.25, 0.3) is 0 Å². The second-order valence-electron chi connectivity index (χ2n) is 5.13. The normalized spacial score (nSPS) is 12.9. The van der Waals surface area contributed by atoms with Gasteiger partial charge in [-0.3, -0.25) is 0 Å². The Balaban J connectivity index is 2.36. The molecular formula is C16H28N2S. The number of nitrogens with two attached hydrogens (primary N) is 1. The standard InChI is InChI=1S/C16H28N2S/c1-5-18(6-2)7-8-19-12-16(17)15-10-13(3)9-14(4)11-15/h9-11,16H,5-8,12,17H2,1-4H3. The van der Waals surface area contributed by atoms with E-state index >= 15 is 0 Å². The van der Waals surface area contributed by atoms with Crippen molar-refractivity contribution in [3.8, 4) is 0 Å². The van der Waals surface area contributed by atoms with Crippen molar-refractivity contribution in [2.24, 2.45) is 5.73 Å². The molecule has 0 spiro atoms. The Kier molecular flexibility index (Phi) is 7.51. The van der Waals surface area contributed by atoms with Crippen LogP contribution < -0.4 is 5.73 Å². The summed E-state index contributed by atoms with van der Waals surface area (Å²) in [5, 5.41) is 0. The van der Waals surface area contributed by atoms with Crippen molar-refractivity contribution in [2.75, 3.05) is 31.1 Å². The number of rotatable bonds is 8. The second kappa shape index (κ2) is 8.62. The monoisotopic (exact) mass is 280 g/mol. The van der Waals surface area contributed by atoms with E-state index in [4.69, 9.17) is 5.73 Å². The molecule has 2 N–H and O–H groups in total. The zero-order chi connectivity index (χ0) is 14.3. The quantitative estimate of drug-likeness (QED) is 0.740. The van der Waals surface area contributed by atoms with Crippen molar-refractivity contribution in [3.63, 3.8) is 0 Å². The lowest BCUT2D eigenvalue weighted by molar-refractivity contribution is 0.324. The van der Waals surface area contributed by atoms with Crippen molar-refractivity contribution in [2.45, 2.75) is 33.7 Å². The van der Waals surface area contributed by atoms with Crippen molar-refractivity contribution < 1.29 is 0 Å². The van der Waals surface area contributed by atoms with E-state index < -0.39 is 0 Å². The fourth-order valence-corrected chi connectivity index (χ4v) is 3.26. The minimum Gasteiger partial charge on any atom is -0.323 e. The molecule has 0 aliphatic carbocycles. The van der Waals surface area contributed by atoms with Crippen LogP contribution in [0.3, 0.4) is 0 Å². The molecule has 0 amide bonds. The average molecular weight is 280 g/mol. The molecule has 1 unspecified atom stereocenters. The zero-order valence-corrected chi connectivity index (χ0v) is 13.6. The lowest BCUT2D eigenvalue weighted by Crippen LogP contribution is -2.25. The number of nitrogens with zero attached hydrogens (tertiary/aromatic N) is 1. The van der Waals surface area contributed by atoms with Gasteiger partial charge in [0.25, 0.3) is 0 Å². The summed E-state index contributed by atoms with van der Waals surface area (Å²) in [6.07, 6.45) is 0. The van der Waals surface area contributed by atoms with Crippen LogP contribution in [0, 0.1) is 13.8 Å². The molecule has 1 atom stereocenters. The van der Waals surface area contributed by atoms with Gasteiger partial charge < -0.3 is 10.6 Å². The summed E-state index contributed by atoms with van der Waals surface area (Å²) >= 11 is 1.96. The van der Waals surface area contributed by atoms with E-state index in [2.05, 4.69) is 50.8 Å². The Labute approximate surface area is 122 Å². The van der Waals surface area contributed by atoms with Gasteiger partial charge in [-0.1, -0.05) is 43.2 Å². The Morgan fingerprint density at radius 1 is 1.11 bits per heavy atom. The van der Waals surface area contributed by atoms with E-state index in [1.807, 2.05) is 11.8 Å². The van der Waals surface area contributed by atoms with Gasteiger partial charge >= 0.3 is 0 Å². The Morgan fingerprint density at radius 2 is 1.68 bits per heavy atom. The van der Waals surface area contributed by atoms with Gasteiger partial charge in [-0.2, -0.15) is 11.8 Å². The molecule has 3 heteroatoms. The van der Waals surface area contributed by atoms with Crippen molar-refractivity contribution >= 4 is 11.8 Å². The molecule has 0 saturated carbocycles. The van der Waals surface area contributed by atoms with Gasteiger partial charge in [0.15, 0.2) is 0 Å². The first-order valence-corrected chi connectivity index (χ1v) is 8.36. The molecule has 0 aliphatic rings. The Bertz CT molecular complexity index is 355. The Morgan fingerprint density at radius 3 is 2.21 bits per heavy atom. The molecule has 0 saturated heterocycles. The molecule has 0 aromatic heterocycles. The van der Waals surface area contributed by atoms with Crippen LogP contribution in [0.5, 0.6) is 0 Å². The van der Waals surface area contributed by atoms with Gasteiger partial charge in [-0.15, -0.1) is 0 Å². The number of aryl methyl sites for hydroxylation is 2. The SMILES string of the molecule is CCN(CC)CCSCC(N)c1cc(C)cc(C)c1. The number of hydrogen-bond donors (Lipinski definition) is 1. The van der Waals surface area contributed by atoms with Crippen LogP contribution in [0.2, 0.25) is 0 Å². The molecule has 0 fully saturated rings. The van der Waals surface area contributed by atoms with Gasteiger partial charge in [0, 0.05) is 24.1 Å². The molecule has 1 aromatic carbocycles. The maximum Gasteiger partial charge on any atom is 0.0386 e. The first kappa shape index (κ1) is 16.5. The summed E-state index contributed by atoms with van der Waals surface area (Å²) in [6.45, 7) is 12.1. The first-order chi connectivity index (χ1) is 9.06. The van der Waals surface area contributed by atoms with Gasteiger partial charge in [-0.05, 0) is 32.5 Å². The summed E-state index contributed by atoms with van der Waals surface area (Å²) in [6, 6.07) is 6.77. The molecule has 19 heavy (non-hydrogen) atoms. The van der Waals surface area contributed by atoms with Gasteiger partial charge in [-0.25, -0.2) is 0 Å². The summed E-state index contributed by atoms with van der Waals surface area (Å²) in [5.41, 5.74) is 10.2. The molecule has 1 aromatic rings. The fourth-order valence-electron chi connectivity index (χ4n) is 2.26. The van der Waals surface area contributed by atoms with E-state index in [0.29, 0.717) is 0 Å². The molecular weight excluding hydrogens is 252 g/mol. The number of benzene rings is 1. The van der Waals surface area contributed by atoms with Gasteiger partial charge in [0.1, 0.15) is 0 Å². The molecule has 0 aliphatic heterocycles. The van der Waals surface area contributed by atoms with Crippen molar-refractivity contribution in [3.05, 3.63) is 34.9 Å². The summed E-state index contributed by atoms with van der Waals surface area (Å²) < 4.78 is 0. The van der Waals surface area contributed by atoms with E-state index in [-0.39, 0.29) is 6.04 Å². The van der Waals surface area contributed by atoms with E-state index in [1.54, 1.807) is 0 Å². The van der Waals surface area contributed by atoms with Gasteiger partial charge in [0.05, 0.1) is 0 Å². The third kappa shape index (κ3) is 5.98. The minimum absolute atomic E-state index is 0.153. The lowest BCUT2D eigenvalue weighted by Gasteiger charge is -2.18. The highest BCUT2D eigenvalue weighted by Crippen LogP contribution is 2.19. The second-order valence-corrected chi connectivity index (χ2v) is 6.28. The van der Waals surface area contributed by atoms with Crippen LogP contribution >= 0.6 is 11.8 Å². The van der Waals surface area contributed by atoms with Gasteiger partial charge in [0.2, 0.25) is 0 Å². The average Bonchev–Trinajstić information content (AvgIpc) is 2.37. The maximum atomic E-state index is 6.28. The smallest absolute Gasteiger partial charge is 0.0386 e. The van der Waals surface area contributed by atoms with Crippen LogP contribution in [0.1, 0.15) is 36.6 Å². The third-order valence-electron chi connectivity index (χ3n) is 3.42. The van der Waals surface area contributed by atoms with E-state index in [1.165, 1.54) is 22.4 Å². The minimum atomic E-state index is 0.153. The molecule has 2 nitrogen and oxygen atoms in total. The summed E-state index contributed by atoms with van der Waals surface area (Å²) in [5.74, 6) is 2.17. The Hall–Kier alpha value is -0.510. The number of hydrogen-bond acceptors (Lipinski definition) is 3. The summed E-state index contributed by atoms with van der Waals surface area (Å²) in [4.78, 5) is 2.45. The highest BCUT2D eigenvalue weighted by Gasteiger charge is 2.07. The van der Waals surface area contributed by atoms with Crippen LogP contribution in [0.15, 0.2) is 18.2 Å².